The molecule has 0 spiro atoms. The van der Waals surface area contributed by atoms with Gasteiger partial charge >= 0.3 is 6.03 Å². The second-order valence-corrected chi connectivity index (χ2v) is 5.90. The van der Waals surface area contributed by atoms with Crippen molar-refractivity contribution in [1.29, 1.82) is 0 Å². The Morgan fingerprint density at radius 3 is 2.58 bits per heavy atom. The molecule has 2 heterocycles. The molecule has 0 saturated heterocycles. The van der Waals surface area contributed by atoms with Crippen LogP contribution in [0.5, 0.6) is 0 Å². The fourth-order valence-electron chi connectivity index (χ4n) is 2.31. The minimum Gasteiger partial charge on any atom is -0.451 e. The van der Waals surface area contributed by atoms with Crippen molar-refractivity contribution in [3.8, 4) is 0 Å². The number of thiophene rings is 1. The largest absolute Gasteiger partial charge is 0.451 e. The van der Waals surface area contributed by atoms with Crippen molar-refractivity contribution >= 4 is 45.2 Å². The Hall–Kier alpha value is -3.13. The number of fused-ring (bicyclic) bond motifs is 1. The van der Waals surface area contributed by atoms with E-state index < -0.39 is 17.8 Å². The highest BCUT2D eigenvalue weighted by Crippen LogP contribution is 2.28. The number of anilines is 1. The molecule has 0 saturated carbocycles. The number of carbonyl (C=O) groups excluding carboxylic acids is 3. The number of aryl methyl sites for hydroxylation is 1. The van der Waals surface area contributed by atoms with E-state index in [2.05, 4.69) is 5.32 Å². The van der Waals surface area contributed by atoms with E-state index in [1.807, 2.05) is 23.5 Å². The number of nitrogens with two attached hydrogens (primary N) is 1. The van der Waals surface area contributed by atoms with Gasteiger partial charge in [0.2, 0.25) is 0 Å². The number of amides is 4. The summed E-state index contributed by atoms with van der Waals surface area (Å²) < 4.78 is 5.59. The van der Waals surface area contributed by atoms with Gasteiger partial charge in [-0.1, -0.05) is 18.2 Å². The van der Waals surface area contributed by atoms with Crippen LogP contribution in [-0.4, -0.2) is 17.8 Å². The summed E-state index contributed by atoms with van der Waals surface area (Å²) in [7, 11) is 0. The van der Waals surface area contributed by atoms with Gasteiger partial charge in [0, 0.05) is 10.9 Å². The SMILES string of the molecule is Cc1c(C(=O)Nc2sccc2C(=O)NC(N)=O)oc2ccccc12. The van der Waals surface area contributed by atoms with E-state index in [0.717, 1.165) is 16.7 Å². The molecule has 122 valence electrons. The Labute approximate surface area is 140 Å². The smallest absolute Gasteiger partial charge is 0.319 e. The summed E-state index contributed by atoms with van der Waals surface area (Å²) in [6.07, 6.45) is 0. The van der Waals surface area contributed by atoms with E-state index in [9.17, 15) is 14.4 Å². The Bertz CT molecular complexity index is 957. The number of imide groups is 1. The van der Waals surface area contributed by atoms with Crippen LogP contribution in [0.2, 0.25) is 0 Å². The molecule has 0 unspecified atom stereocenters. The maximum Gasteiger partial charge on any atom is 0.319 e. The Morgan fingerprint density at radius 1 is 1.12 bits per heavy atom. The maximum atomic E-state index is 12.5. The fraction of sp³-hybridized carbons (Fsp3) is 0.0625. The zero-order chi connectivity index (χ0) is 17.3. The van der Waals surface area contributed by atoms with E-state index in [1.54, 1.807) is 18.4 Å². The molecule has 0 bridgehead atoms. The molecule has 4 N–H and O–H groups in total. The zero-order valence-corrected chi connectivity index (χ0v) is 13.4. The van der Waals surface area contributed by atoms with E-state index in [-0.39, 0.29) is 11.3 Å². The van der Waals surface area contributed by atoms with Crippen LogP contribution in [0.4, 0.5) is 9.80 Å². The second-order valence-electron chi connectivity index (χ2n) is 4.99. The molecule has 2 aromatic heterocycles. The average molecular weight is 343 g/mol. The normalized spacial score (nSPS) is 10.5. The van der Waals surface area contributed by atoms with Crippen LogP contribution in [0.1, 0.15) is 26.5 Å². The summed E-state index contributed by atoms with van der Waals surface area (Å²) in [6, 6.07) is 7.84. The molecule has 0 radical (unpaired) electrons. The number of rotatable bonds is 3. The van der Waals surface area contributed by atoms with Crippen molar-refractivity contribution in [2.75, 3.05) is 5.32 Å². The molecule has 0 fully saturated rings. The molecule has 1 aromatic carbocycles. The predicted molar refractivity (Wildman–Crippen MR) is 90.3 cm³/mol. The van der Waals surface area contributed by atoms with E-state index in [4.69, 9.17) is 10.2 Å². The molecular weight excluding hydrogens is 330 g/mol. The van der Waals surface area contributed by atoms with Crippen LogP contribution >= 0.6 is 11.3 Å². The molecule has 3 rings (SSSR count). The fourth-order valence-corrected chi connectivity index (χ4v) is 3.09. The molecule has 0 atom stereocenters. The number of hydrogen-bond donors (Lipinski definition) is 3. The van der Waals surface area contributed by atoms with Crippen molar-refractivity contribution in [2.24, 2.45) is 5.73 Å². The van der Waals surface area contributed by atoms with Gasteiger partial charge in [-0.05, 0) is 24.4 Å². The number of hydrogen-bond acceptors (Lipinski definition) is 5. The predicted octanol–water partition coefficient (Wildman–Crippen LogP) is 2.86. The van der Waals surface area contributed by atoms with Gasteiger partial charge in [-0.15, -0.1) is 11.3 Å². The summed E-state index contributed by atoms with van der Waals surface area (Å²) in [5.41, 5.74) is 6.41. The maximum absolute atomic E-state index is 12.5. The summed E-state index contributed by atoms with van der Waals surface area (Å²) in [5, 5.41) is 7.37. The molecule has 0 aliphatic carbocycles. The van der Waals surface area contributed by atoms with Crippen LogP contribution in [0, 0.1) is 6.92 Å². The van der Waals surface area contributed by atoms with Crippen LogP contribution < -0.4 is 16.4 Å². The third-order valence-electron chi connectivity index (χ3n) is 3.42. The molecule has 24 heavy (non-hydrogen) atoms. The molecule has 7 nitrogen and oxygen atoms in total. The highest BCUT2D eigenvalue weighted by Gasteiger charge is 2.21. The highest BCUT2D eigenvalue weighted by atomic mass is 32.1. The first-order chi connectivity index (χ1) is 11.5. The van der Waals surface area contributed by atoms with Crippen LogP contribution in [0.15, 0.2) is 40.1 Å². The van der Waals surface area contributed by atoms with Crippen molar-refractivity contribution in [3.05, 3.63) is 52.6 Å². The first kappa shape index (κ1) is 15.8. The number of carbonyl (C=O) groups is 3. The number of urea groups is 1. The average Bonchev–Trinajstić information content (AvgIpc) is 3.12. The highest BCUT2D eigenvalue weighted by molar-refractivity contribution is 7.14. The summed E-state index contributed by atoms with van der Waals surface area (Å²) in [6.45, 7) is 1.79. The molecule has 8 heteroatoms. The van der Waals surface area contributed by atoms with E-state index in [0.29, 0.717) is 16.1 Å². The standard InChI is InChI=1S/C16H13N3O4S/c1-8-9-4-2-3-5-11(9)23-12(8)14(21)18-15-10(6-7-24-15)13(20)19-16(17)22/h2-7H,1H3,(H,18,21)(H3,17,19,20,22). The van der Waals surface area contributed by atoms with Crippen LogP contribution in [-0.2, 0) is 0 Å². The van der Waals surface area contributed by atoms with Gasteiger partial charge < -0.3 is 15.5 Å². The van der Waals surface area contributed by atoms with Crippen molar-refractivity contribution in [1.82, 2.24) is 5.32 Å². The molecule has 4 amide bonds. The van der Waals surface area contributed by atoms with Gasteiger partial charge in [0.05, 0.1) is 5.56 Å². The van der Waals surface area contributed by atoms with Gasteiger partial charge in [-0.3, -0.25) is 14.9 Å². The zero-order valence-electron chi connectivity index (χ0n) is 12.6. The van der Waals surface area contributed by atoms with E-state index >= 15 is 0 Å². The molecule has 0 aliphatic heterocycles. The number of para-hydroxylation sites is 1. The van der Waals surface area contributed by atoms with Crippen LogP contribution in [0.3, 0.4) is 0 Å². The van der Waals surface area contributed by atoms with E-state index in [1.165, 1.54) is 6.07 Å². The third-order valence-corrected chi connectivity index (χ3v) is 4.25. The quantitative estimate of drug-likeness (QED) is 0.678. The lowest BCUT2D eigenvalue weighted by Gasteiger charge is -2.05. The first-order valence-corrected chi connectivity index (χ1v) is 7.83. The van der Waals surface area contributed by atoms with Crippen LogP contribution in [0.25, 0.3) is 11.0 Å². The Kier molecular flexibility index (Phi) is 4.05. The van der Waals surface area contributed by atoms with Crippen molar-refractivity contribution < 1.29 is 18.8 Å². The van der Waals surface area contributed by atoms with Gasteiger partial charge in [0.1, 0.15) is 10.6 Å². The molecular formula is C16H13N3O4S. The Morgan fingerprint density at radius 2 is 1.88 bits per heavy atom. The van der Waals surface area contributed by atoms with Crippen molar-refractivity contribution in [2.45, 2.75) is 6.92 Å². The minimum absolute atomic E-state index is 0.154. The monoisotopic (exact) mass is 343 g/mol. The number of furan rings is 1. The van der Waals surface area contributed by atoms with Crippen molar-refractivity contribution in [3.63, 3.8) is 0 Å². The lowest BCUT2D eigenvalue weighted by Crippen LogP contribution is -2.35. The van der Waals surface area contributed by atoms with Gasteiger partial charge in [-0.25, -0.2) is 4.79 Å². The van der Waals surface area contributed by atoms with Gasteiger partial charge in [0.15, 0.2) is 5.76 Å². The Balaban J connectivity index is 1.87. The number of nitrogens with one attached hydrogen (secondary N) is 2. The molecule has 0 aliphatic rings. The minimum atomic E-state index is -0.961. The summed E-state index contributed by atoms with van der Waals surface area (Å²) in [5.74, 6) is -0.981. The summed E-state index contributed by atoms with van der Waals surface area (Å²) >= 11 is 1.15. The molecule has 3 aromatic rings. The first-order valence-electron chi connectivity index (χ1n) is 6.95. The van der Waals surface area contributed by atoms with Gasteiger partial charge in [-0.2, -0.15) is 0 Å². The lowest BCUT2D eigenvalue weighted by atomic mass is 10.1. The summed E-state index contributed by atoms with van der Waals surface area (Å²) in [4.78, 5) is 35.2. The number of benzene rings is 1. The lowest BCUT2D eigenvalue weighted by molar-refractivity contribution is 0.0967. The second kappa shape index (κ2) is 6.17. The topological polar surface area (TPSA) is 114 Å². The third kappa shape index (κ3) is 2.86. The number of primary amides is 1. The van der Waals surface area contributed by atoms with Gasteiger partial charge in [0.25, 0.3) is 11.8 Å².